The van der Waals surface area contributed by atoms with Crippen molar-refractivity contribution in [2.45, 2.75) is 31.8 Å². The molecule has 0 spiro atoms. The van der Waals surface area contributed by atoms with Crippen LogP contribution in [0.1, 0.15) is 34.7 Å². The summed E-state index contributed by atoms with van der Waals surface area (Å²) in [4.78, 5) is 20.7. The van der Waals surface area contributed by atoms with Gasteiger partial charge in [-0.05, 0) is 39.3 Å². The van der Waals surface area contributed by atoms with E-state index in [2.05, 4.69) is 25.9 Å². The summed E-state index contributed by atoms with van der Waals surface area (Å²) in [7, 11) is 1.77. The summed E-state index contributed by atoms with van der Waals surface area (Å²) in [6.07, 6.45) is 2.68. The Morgan fingerprint density at radius 3 is 2.77 bits per heavy atom. The molecule has 7 nitrogen and oxygen atoms in total. The van der Waals surface area contributed by atoms with Gasteiger partial charge >= 0.3 is 0 Å². The summed E-state index contributed by atoms with van der Waals surface area (Å²) in [6, 6.07) is 0. The van der Waals surface area contributed by atoms with E-state index >= 15 is 0 Å². The summed E-state index contributed by atoms with van der Waals surface area (Å²) < 4.78 is 5.77. The predicted molar refractivity (Wildman–Crippen MR) is 83.1 cm³/mol. The Labute approximate surface area is 130 Å². The second-order valence-corrected chi connectivity index (χ2v) is 5.94. The molecule has 3 heterocycles. The van der Waals surface area contributed by atoms with Crippen LogP contribution in [0.15, 0.2) is 0 Å². The minimum absolute atomic E-state index is 0.113. The lowest BCUT2D eigenvalue weighted by Gasteiger charge is -2.36. The molecule has 2 aliphatic heterocycles. The van der Waals surface area contributed by atoms with Crippen molar-refractivity contribution in [2.75, 3.05) is 38.6 Å². The Morgan fingerprint density at radius 2 is 2.05 bits per heavy atom. The molecule has 7 heteroatoms. The molecule has 1 fully saturated rings. The lowest BCUT2D eigenvalue weighted by Crippen LogP contribution is -2.48. The van der Waals surface area contributed by atoms with Gasteiger partial charge < -0.3 is 20.7 Å². The van der Waals surface area contributed by atoms with Crippen molar-refractivity contribution in [3.05, 3.63) is 17.1 Å². The zero-order chi connectivity index (χ0) is 15.6. The molecule has 2 aliphatic rings. The van der Waals surface area contributed by atoms with Crippen molar-refractivity contribution in [3.8, 4) is 0 Å². The number of nitrogens with one attached hydrogen (secondary N) is 3. The highest BCUT2D eigenvalue weighted by molar-refractivity contribution is 5.95. The van der Waals surface area contributed by atoms with E-state index in [0.29, 0.717) is 24.6 Å². The van der Waals surface area contributed by atoms with Gasteiger partial charge in [0.15, 0.2) is 0 Å². The molecule has 0 radical (unpaired) electrons. The Morgan fingerprint density at radius 1 is 1.27 bits per heavy atom. The monoisotopic (exact) mass is 305 g/mol. The fourth-order valence-corrected chi connectivity index (χ4v) is 3.13. The average molecular weight is 305 g/mol. The molecule has 0 unspecified atom stereocenters. The number of anilines is 1. The van der Waals surface area contributed by atoms with Gasteiger partial charge in [0.05, 0.1) is 5.60 Å². The van der Waals surface area contributed by atoms with Gasteiger partial charge in [-0.15, -0.1) is 0 Å². The van der Waals surface area contributed by atoms with E-state index in [-0.39, 0.29) is 11.5 Å². The van der Waals surface area contributed by atoms with Crippen molar-refractivity contribution in [3.63, 3.8) is 0 Å². The zero-order valence-corrected chi connectivity index (χ0v) is 13.2. The minimum Gasteiger partial charge on any atom is -0.376 e. The molecule has 22 heavy (non-hydrogen) atoms. The van der Waals surface area contributed by atoms with Gasteiger partial charge in [-0.25, -0.2) is 9.97 Å². The second-order valence-electron chi connectivity index (χ2n) is 5.94. The maximum Gasteiger partial charge on any atom is 0.270 e. The lowest BCUT2D eigenvalue weighted by atomic mass is 9.92. The van der Waals surface area contributed by atoms with Crippen LogP contribution in [0.25, 0.3) is 0 Å². The normalized spacial score (nSPS) is 20.2. The highest BCUT2D eigenvalue weighted by atomic mass is 16.5. The first-order valence-corrected chi connectivity index (χ1v) is 7.79. The molecule has 1 saturated heterocycles. The number of hydrogen-bond donors (Lipinski definition) is 3. The summed E-state index contributed by atoms with van der Waals surface area (Å²) in [5.74, 6) is 1.26. The van der Waals surface area contributed by atoms with Crippen LogP contribution < -0.4 is 16.0 Å². The quantitative estimate of drug-likeness (QED) is 0.739. The average Bonchev–Trinajstić information content (AvgIpc) is 2.54. The second kappa shape index (κ2) is 6.18. The molecule has 1 aromatic heterocycles. The van der Waals surface area contributed by atoms with Crippen LogP contribution in [-0.2, 0) is 11.2 Å². The van der Waals surface area contributed by atoms with Crippen molar-refractivity contribution in [1.29, 1.82) is 0 Å². The van der Waals surface area contributed by atoms with Crippen molar-refractivity contribution < 1.29 is 9.53 Å². The number of carbonyl (C=O) groups excluding carboxylic acids is 1. The third-order valence-electron chi connectivity index (χ3n) is 4.52. The molecule has 0 saturated carbocycles. The standard InChI is InChI=1S/C15H23N5O2/c1-10-19-12-11(3-6-17-14(12)21)13(20-10)18-9-15(22-2)4-7-16-8-5-15/h16H,3-9H2,1-2H3,(H,17,21)(H,18,19,20). The van der Waals surface area contributed by atoms with Crippen molar-refractivity contribution >= 4 is 11.7 Å². The maximum absolute atomic E-state index is 12.0. The van der Waals surface area contributed by atoms with E-state index in [4.69, 9.17) is 4.74 Å². The first-order chi connectivity index (χ1) is 10.6. The highest BCUT2D eigenvalue weighted by Crippen LogP contribution is 2.25. The van der Waals surface area contributed by atoms with Crippen LogP contribution in [0.3, 0.4) is 0 Å². The van der Waals surface area contributed by atoms with E-state index in [1.807, 2.05) is 6.92 Å². The van der Waals surface area contributed by atoms with Gasteiger partial charge in [0.1, 0.15) is 17.3 Å². The number of aromatic nitrogens is 2. The fraction of sp³-hybridized carbons (Fsp3) is 0.667. The first-order valence-electron chi connectivity index (χ1n) is 7.79. The van der Waals surface area contributed by atoms with E-state index in [0.717, 1.165) is 43.7 Å². The van der Waals surface area contributed by atoms with Crippen molar-refractivity contribution in [2.24, 2.45) is 0 Å². The van der Waals surface area contributed by atoms with Crippen LogP contribution >= 0.6 is 0 Å². The molecule has 1 aromatic rings. The largest absolute Gasteiger partial charge is 0.376 e. The van der Waals surface area contributed by atoms with Crippen LogP contribution in [0.4, 0.5) is 5.82 Å². The zero-order valence-electron chi connectivity index (χ0n) is 13.2. The van der Waals surface area contributed by atoms with E-state index in [1.54, 1.807) is 7.11 Å². The van der Waals surface area contributed by atoms with Gasteiger partial charge in [-0.2, -0.15) is 0 Å². The molecule has 120 valence electrons. The summed E-state index contributed by atoms with van der Waals surface area (Å²) in [5, 5.41) is 9.59. The molecular weight excluding hydrogens is 282 g/mol. The third-order valence-corrected chi connectivity index (χ3v) is 4.52. The van der Waals surface area contributed by atoms with Crippen LogP contribution in [0, 0.1) is 6.92 Å². The highest BCUT2D eigenvalue weighted by Gasteiger charge is 2.32. The number of piperidine rings is 1. The Kier molecular flexibility index (Phi) is 4.26. The van der Waals surface area contributed by atoms with E-state index < -0.39 is 0 Å². The number of nitrogens with zero attached hydrogens (tertiary/aromatic N) is 2. The van der Waals surface area contributed by atoms with Gasteiger partial charge in [0, 0.05) is 25.8 Å². The molecule has 0 atom stereocenters. The molecule has 3 rings (SSSR count). The number of aryl methyl sites for hydroxylation is 1. The maximum atomic E-state index is 12.0. The molecule has 3 N–H and O–H groups in total. The van der Waals surface area contributed by atoms with Crippen LogP contribution in [-0.4, -0.2) is 54.8 Å². The fourth-order valence-electron chi connectivity index (χ4n) is 3.13. The number of hydrogen-bond acceptors (Lipinski definition) is 6. The lowest BCUT2D eigenvalue weighted by molar-refractivity contribution is -0.0227. The Balaban J connectivity index is 1.81. The van der Waals surface area contributed by atoms with Gasteiger partial charge in [-0.1, -0.05) is 0 Å². The SMILES string of the molecule is COC1(CNc2nc(C)nc3c2CCNC3=O)CCNCC1. The minimum atomic E-state index is -0.173. The number of methoxy groups -OCH3 is 1. The Hall–Kier alpha value is -1.73. The number of ether oxygens (including phenoxy) is 1. The number of amides is 1. The van der Waals surface area contributed by atoms with E-state index in [9.17, 15) is 4.79 Å². The van der Waals surface area contributed by atoms with Gasteiger partial charge in [0.2, 0.25) is 0 Å². The molecule has 0 aromatic carbocycles. The van der Waals surface area contributed by atoms with Gasteiger partial charge in [0.25, 0.3) is 5.91 Å². The van der Waals surface area contributed by atoms with Crippen molar-refractivity contribution in [1.82, 2.24) is 20.6 Å². The number of fused-ring (bicyclic) bond motifs is 1. The Bertz CT molecular complexity index is 569. The molecule has 1 amide bonds. The molecule has 0 bridgehead atoms. The smallest absolute Gasteiger partial charge is 0.270 e. The van der Waals surface area contributed by atoms with Gasteiger partial charge in [-0.3, -0.25) is 4.79 Å². The van der Waals surface area contributed by atoms with Crippen LogP contribution in [0.5, 0.6) is 0 Å². The summed E-state index contributed by atoms with van der Waals surface area (Å²) in [6.45, 7) is 5.05. The first kappa shape index (κ1) is 15.2. The van der Waals surface area contributed by atoms with E-state index in [1.165, 1.54) is 0 Å². The third kappa shape index (κ3) is 2.91. The number of carbonyl (C=O) groups is 1. The topological polar surface area (TPSA) is 88.2 Å². The summed E-state index contributed by atoms with van der Waals surface area (Å²) >= 11 is 0. The van der Waals surface area contributed by atoms with Crippen LogP contribution in [0.2, 0.25) is 0 Å². The molecule has 0 aliphatic carbocycles. The number of rotatable bonds is 4. The predicted octanol–water partition coefficient (Wildman–Crippen LogP) is 0.251. The molecular formula is C15H23N5O2. The summed E-state index contributed by atoms with van der Waals surface area (Å²) in [5.41, 5.74) is 1.24.